The Balaban J connectivity index is 2.60. The molecule has 0 aromatic carbocycles. The summed E-state index contributed by atoms with van der Waals surface area (Å²) in [6, 6.07) is 0. The minimum Gasteiger partial charge on any atom is -0.220 e. The number of hydrogen-bond donors (Lipinski definition) is 0. The summed E-state index contributed by atoms with van der Waals surface area (Å²) < 4.78 is 0. The highest BCUT2D eigenvalue weighted by molar-refractivity contribution is 6.15. The van der Waals surface area contributed by atoms with Gasteiger partial charge in [0, 0.05) is 0 Å². The number of carbonyl (C=O) groups excluding carboxylic acids is 2. The lowest BCUT2D eigenvalue weighted by atomic mass is 10.4. The number of hydrogen-bond acceptors (Lipinski definition) is 2. The van der Waals surface area contributed by atoms with Gasteiger partial charge in [0.05, 0.1) is 12.2 Å². The second-order valence-electron chi connectivity index (χ2n) is 2.16. The molecule has 0 N–H and O–H groups in total. The summed E-state index contributed by atoms with van der Waals surface area (Å²) in [4.78, 5) is 22.8. The van der Waals surface area contributed by atoms with E-state index in [1.54, 1.807) is 0 Å². The molecule has 0 spiro atoms. The lowest BCUT2D eigenvalue weighted by Gasteiger charge is -1.94. The SMILES string of the molecule is CCC[N+]1C(=O)C=CC1=O. The van der Waals surface area contributed by atoms with E-state index in [-0.39, 0.29) is 11.8 Å². The summed E-state index contributed by atoms with van der Waals surface area (Å²) >= 11 is 0. The molecule has 0 bridgehead atoms. The normalized spacial score (nSPS) is 18.9. The van der Waals surface area contributed by atoms with Crippen LogP contribution in [-0.2, 0) is 9.59 Å². The molecule has 3 heteroatoms. The summed E-state index contributed by atoms with van der Waals surface area (Å²) in [6.45, 7) is 2.46. The van der Waals surface area contributed by atoms with Gasteiger partial charge in [-0.2, -0.15) is 0 Å². The van der Waals surface area contributed by atoms with Crippen molar-refractivity contribution >= 4 is 11.8 Å². The third kappa shape index (κ3) is 1.14. The molecule has 0 fully saturated rings. The third-order valence-electron chi connectivity index (χ3n) is 1.35. The van der Waals surface area contributed by atoms with Crippen molar-refractivity contribution in [1.82, 2.24) is 4.90 Å². The molecular weight excluding hydrogens is 130 g/mol. The van der Waals surface area contributed by atoms with Gasteiger partial charge in [0.1, 0.15) is 6.54 Å². The molecule has 0 unspecified atom stereocenters. The van der Waals surface area contributed by atoms with Gasteiger partial charge in [-0.1, -0.05) is 6.92 Å². The summed E-state index contributed by atoms with van der Waals surface area (Å²) in [5.74, 6) is -0.376. The van der Waals surface area contributed by atoms with E-state index < -0.39 is 0 Å². The molecule has 0 aromatic rings. The van der Waals surface area contributed by atoms with Gasteiger partial charge in [0.25, 0.3) is 0 Å². The van der Waals surface area contributed by atoms with Crippen LogP contribution in [0.2, 0.25) is 0 Å². The fourth-order valence-electron chi connectivity index (χ4n) is 0.875. The molecule has 3 nitrogen and oxygen atoms in total. The van der Waals surface area contributed by atoms with Gasteiger partial charge in [-0.25, -0.2) is 9.59 Å². The van der Waals surface area contributed by atoms with Crippen molar-refractivity contribution in [2.75, 3.05) is 6.54 Å². The minimum absolute atomic E-state index is 0.188. The van der Waals surface area contributed by atoms with Crippen LogP contribution in [0, 0.1) is 0 Å². The molecule has 1 heterocycles. The van der Waals surface area contributed by atoms with Crippen LogP contribution >= 0.6 is 0 Å². The minimum atomic E-state index is -0.188. The highest BCUT2D eigenvalue weighted by atomic mass is 16.2. The van der Waals surface area contributed by atoms with E-state index >= 15 is 0 Å². The molecule has 2 amide bonds. The number of nitrogens with zero attached hydrogens (tertiary/aromatic N) is 1. The van der Waals surface area contributed by atoms with Crippen LogP contribution in [0.3, 0.4) is 0 Å². The maximum atomic E-state index is 10.8. The van der Waals surface area contributed by atoms with Crippen LogP contribution in [-0.4, -0.2) is 18.4 Å². The zero-order valence-electron chi connectivity index (χ0n) is 5.83. The highest BCUT2D eigenvalue weighted by Gasteiger charge is 2.35. The summed E-state index contributed by atoms with van der Waals surface area (Å²) in [5.41, 5.74) is 0. The van der Waals surface area contributed by atoms with E-state index in [0.29, 0.717) is 6.54 Å². The number of carbonyl (C=O) groups is 2. The predicted molar refractivity (Wildman–Crippen MR) is 36.4 cm³/mol. The zero-order valence-corrected chi connectivity index (χ0v) is 5.83. The van der Waals surface area contributed by atoms with Crippen molar-refractivity contribution in [3.8, 4) is 0 Å². The molecule has 10 heavy (non-hydrogen) atoms. The Morgan fingerprint density at radius 2 is 1.80 bits per heavy atom. The molecule has 0 aliphatic carbocycles. The Kier molecular flexibility index (Phi) is 1.97. The van der Waals surface area contributed by atoms with Crippen LogP contribution in [0.15, 0.2) is 12.2 Å². The Morgan fingerprint density at radius 1 is 1.30 bits per heavy atom. The molecule has 0 saturated carbocycles. The van der Waals surface area contributed by atoms with E-state index in [1.807, 2.05) is 6.92 Å². The van der Waals surface area contributed by atoms with Crippen molar-refractivity contribution in [3.63, 3.8) is 0 Å². The van der Waals surface area contributed by atoms with E-state index in [9.17, 15) is 9.59 Å². The van der Waals surface area contributed by atoms with Gasteiger partial charge in [0.15, 0.2) is 0 Å². The molecule has 1 radical (unpaired) electrons. The van der Waals surface area contributed by atoms with Crippen molar-refractivity contribution in [2.24, 2.45) is 0 Å². The average molecular weight is 139 g/mol. The van der Waals surface area contributed by atoms with E-state index in [2.05, 4.69) is 0 Å². The molecule has 53 valence electrons. The average Bonchev–Trinajstić information content (AvgIpc) is 2.20. The summed E-state index contributed by atoms with van der Waals surface area (Å²) in [5, 5.41) is 0. The first-order valence-corrected chi connectivity index (χ1v) is 3.29. The van der Waals surface area contributed by atoms with Crippen LogP contribution in [0.1, 0.15) is 13.3 Å². The molecule has 0 aromatic heterocycles. The number of rotatable bonds is 2. The van der Waals surface area contributed by atoms with E-state index in [1.165, 1.54) is 17.1 Å². The van der Waals surface area contributed by atoms with Gasteiger partial charge in [-0.3, -0.25) is 0 Å². The standard InChI is InChI=1S/C7H9NO2/c1-2-5-8-6(9)3-4-7(8)10/h3-4H,2,5H2,1H3/q+1. The Morgan fingerprint density at radius 3 is 2.20 bits per heavy atom. The van der Waals surface area contributed by atoms with Gasteiger partial charge < -0.3 is 0 Å². The maximum absolute atomic E-state index is 10.8. The Bertz CT molecular complexity index is 178. The Hall–Kier alpha value is -0.960. The van der Waals surface area contributed by atoms with Gasteiger partial charge >= 0.3 is 11.8 Å². The summed E-state index contributed by atoms with van der Waals surface area (Å²) in [7, 11) is 0. The molecule has 1 aliphatic heterocycles. The van der Waals surface area contributed by atoms with Crippen molar-refractivity contribution in [3.05, 3.63) is 12.2 Å². The molecule has 0 atom stereocenters. The second kappa shape index (κ2) is 2.75. The quantitative estimate of drug-likeness (QED) is 0.404. The first-order chi connectivity index (χ1) is 4.75. The predicted octanol–water partition coefficient (Wildman–Crippen LogP) is 0.159. The second-order valence-corrected chi connectivity index (χ2v) is 2.16. The fourth-order valence-corrected chi connectivity index (χ4v) is 0.875. The highest BCUT2D eigenvalue weighted by Crippen LogP contribution is 1.99. The number of amides is 2. The third-order valence-corrected chi connectivity index (χ3v) is 1.35. The van der Waals surface area contributed by atoms with Crippen molar-refractivity contribution < 1.29 is 9.59 Å². The number of imide groups is 1. The zero-order chi connectivity index (χ0) is 7.56. The van der Waals surface area contributed by atoms with Crippen LogP contribution < -0.4 is 4.90 Å². The largest absolute Gasteiger partial charge is 0.394 e. The van der Waals surface area contributed by atoms with Gasteiger partial charge in [-0.15, -0.1) is 0 Å². The first-order valence-electron chi connectivity index (χ1n) is 3.29. The lowest BCUT2D eigenvalue weighted by molar-refractivity contribution is -0.129. The van der Waals surface area contributed by atoms with Crippen LogP contribution in [0.25, 0.3) is 0 Å². The lowest BCUT2D eigenvalue weighted by Crippen LogP contribution is -2.36. The first kappa shape index (κ1) is 7.15. The van der Waals surface area contributed by atoms with E-state index in [4.69, 9.17) is 0 Å². The van der Waals surface area contributed by atoms with Gasteiger partial charge in [-0.05, 0) is 11.3 Å². The Labute approximate surface area is 59.3 Å². The molecule has 1 rings (SSSR count). The van der Waals surface area contributed by atoms with Crippen LogP contribution in [0.4, 0.5) is 0 Å². The van der Waals surface area contributed by atoms with Crippen molar-refractivity contribution in [2.45, 2.75) is 13.3 Å². The molecule has 1 aliphatic rings. The fraction of sp³-hybridized carbons (Fsp3) is 0.429. The monoisotopic (exact) mass is 139 g/mol. The van der Waals surface area contributed by atoms with Gasteiger partial charge in [0.2, 0.25) is 0 Å². The molecular formula is C7H9NO2+. The van der Waals surface area contributed by atoms with Crippen LogP contribution in [0.5, 0.6) is 0 Å². The maximum Gasteiger partial charge on any atom is 0.394 e. The summed E-state index contributed by atoms with van der Waals surface area (Å²) in [6.07, 6.45) is 3.43. The van der Waals surface area contributed by atoms with Crippen molar-refractivity contribution in [1.29, 1.82) is 0 Å². The molecule has 0 saturated heterocycles. The topological polar surface area (TPSA) is 40.0 Å². The van der Waals surface area contributed by atoms with E-state index in [0.717, 1.165) is 6.42 Å². The smallest absolute Gasteiger partial charge is 0.220 e.